The first kappa shape index (κ1) is 31.0. The van der Waals surface area contributed by atoms with Gasteiger partial charge in [0.15, 0.2) is 0 Å². The Kier molecular flexibility index (Phi) is 11.4. The van der Waals surface area contributed by atoms with Gasteiger partial charge in [-0.25, -0.2) is 4.39 Å². The fraction of sp³-hybridized carbons (Fsp3) is 0.469. The molecule has 0 bridgehead atoms. The van der Waals surface area contributed by atoms with Crippen LogP contribution in [0.2, 0.25) is 0 Å². The summed E-state index contributed by atoms with van der Waals surface area (Å²) in [6.07, 6.45) is 4.78. The molecular formula is C32H41FN2O5. The summed E-state index contributed by atoms with van der Waals surface area (Å²) < 4.78 is 19.1. The molecule has 3 rings (SSSR count). The number of rotatable bonds is 8. The van der Waals surface area contributed by atoms with E-state index >= 15 is 0 Å². The maximum absolute atomic E-state index is 13.4. The van der Waals surface area contributed by atoms with Gasteiger partial charge >= 0.3 is 5.97 Å². The van der Waals surface area contributed by atoms with Crippen LogP contribution in [0, 0.1) is 23.1 Å². The van der Waals surface area contributed by atoms with Crippen LogP contribution < -0.4 is 5.32 Å². The summed E-state index contributed by atoms with van der Waals surface area (Å²) in [7, 11) is 0. The van der Waals surface area contributed by atoms with E-state index in [-0.39, 0.29) is 49.8 Å². The van der Waals surface area contributed by atoms with Crippen LogP contribution >= 0.6 is 0 Å². The third kappa shape index (κ3) is 9.59. The van der Waals surface area contributed by atoms with Crippen molar-refractivity contribution in [2.24, 2.45) is 17.3 Å². The molecule has 0 saturated carbocycles. The predicted molar refractivity (Wildman–Crippen MR) is 151 cm³/mol. The van der Waals surface area contributed by atoms with Gasteiger partial charge in [0.25, 0.3) is 0 Å². The van der Waals surface area contributed by atoms with Crippen molar-refractivity contribution >= 4 is 17.8 Å². The van der Waals surface area contributed by atoms with Gasteiger partial charge in [0.1, 0.15) is 12.4 Å². The minimum Gasteiger partial charge on any atom is -0.463 e. The maximum Gasteiger partial charge on any atom is 0.309 e. The van der Waals surface area contributed by atoms with Gasteiger partial charge in [-0.2, -0.15) is 0 Å². The standard InChI is InChI=1S/C32H41FN2O5/c1-32(2,3)28-22-40-31(39)26(19-23-13-15-27(33)16-14-23)12-8-7-11-25(30(38)34-28)20-29(37)35(17-18-36)21-24-9-5-4-6-10-24/h4-10,13-16,25-26,28,36H,11-12,17-22H2,1-3H3,(H,34,38)/b8-7-/t25-,26-,28+/m1/s1. The molecule has 0 aromatic heterocycles. The molecule has 216 valence electrons. The summed E-state index contributed by atoms with van der Waals surface area (Å²) in [6.45, 7) is 6.20. The number of carbonyl (C=O) groups excluding carboxylic acids is 3. The van der Waals surface area contributed by atoms with Crippen molar-refractivity contribution in [1.29, 1.82) is 0 Å². The number of hydrogen-bond acceptors (Lipinski definition) is 5. The predicted octanol–water partition coefficient (Wildman–Crippen LogP) is 4.44. The topological polar surface area (TPSA) is 95.9 Å². The number of allylic oxidation sites excluding steroid dienone is 2. The molecule has 2 aromatic carbocycles. The molecule has 2 amide bonds. The van der Waals surface area contributed by atoms with Crippen molar-refractivity contribution in [1.82, 2.24) is 10.2 Å². The zero-order valence-corrected chi connectivity index (χ0v) is 23.6. The fourth-order valence-electron chi connectivity index (χ4n) is 4.61. The molecule has 8 heteroatoms. The molecule has 7 nitrogen and oxygen atoms in total. The Labute approximate surface area is 236 Å². The lowest BCUT2D eigenvalue weighted by atomic mass is 9.86. The van der Waals surface area contributed by atoms with Crippen LogP contribution in [0.15, 0.2) is 66.7 Å². The van der Waals surface area contributed by atoms with E-state index in [0.29, 0.717) is 25.8 Å². The van der Waals surface area contributed by atoms with Gasteiger partial charge in [-0.05, 0) is 47.9 Å². The highest BCUT2D eigenvalue weighted by Gasteiger charge is 2.33. The second kappa shape index (κ2) is 14.7. The van der Waals surface area contributed by atoms with E-state index in [1.165, 1.54) is 12.1 Å². The summed E-state index contributed by atoms with van der Waals surface area (Å²) >= 11 is 0. The van der Waals surface area contributed by atoms with E-state index in [1.807, 2.05) is 63.3 Å². The first-order valence-electron chi connectivity index (χ1n) is 13.9. The molecule has 1 aliphatic rings. The zero-order chi connectivity index (χ0) is 29.1. The number of benzene rings is 2. The molecule has 0 spiro atoms. The number of nitrogens with one attached hydrogen (secondary N) is 1. The van der Waals surface area contributed by atoms with Crippen LogP contribution in [0.1, 0.15) is 51.2 Å². The SMILES string of the molecule is CC(C)(C)[C@@H]1COC(=O)[C@@H](Cc2ccc(F)cc2)C/C=C\C[C@H](CC(=O)N(CCO)Cc2ccccc2)C(=O)N1. The maximum atomic E-state index is 13.4. The summed E-state index contributed by atoms with van der Waals surface area (Å²) in [5.41, 5.74) is 1.36. The van der Waals surface area contributed by atoms with Crippen LogP contribution in [0.4, 0.5) is 4.39 Å². The summed E-state index contributed by atoms with van der Waals surface area (Å²) in [5.74, 6) is -2.30. The summed E-state index contributed by atoms with van der Waals surface area (Å²) in [4.78, 5) is 41.4. The number of aliphatic hydroxyl groups excluding tert-OH is 1. The van der Waals surface area contributed by atoms with E-state index in [1.54, 1.807) is 17.0 Å². The van der Waals surface area contributed by atoms with Crippen LogP contribution in [0.3, 0.4) is 0 Å². The molecular weight excluding hydrogens is 511 g/mol. The Morgan fingerprint density at radius 1 is 1.00 bits per heavy atom. The van der Waals surface area contributed by atoms with Crippen molar-refractivity contribution < 1.29 is 28.6 Å². The van der Waals surface area contributed by atoms with Crippen molar-refractivity contribution in [3.63, 3.8) is 0 Å². The number of cyclic esters (lactones) is 1. The molecule has 1 heterocycles. The molecule has 2 N–H and O–H groups in total. The van der Waals surface area contributed by atoms with Crippen LogP contribution in [0.25, 0.3) is 0 Å². The molecule has 0 radical (unpaired) electrons. The smallest absolute Gasteiger partial charge is 0.309 e. The molecule has 40 heavy (non-hydrogen) atoms. The second-order valence-electron chi connectivity index (χ2n) is 11.5. The molecule has 0 aliphatic carbocycles. The van der Waals surface area contributed by atoms with Gasteiger partial charge in [0, 0.05) is 19.5 Å². The van der Waals surface area contributed by atoms with Crippen molar-refractivity contribution in [3.8, 4) is 0 Å². The largest absolute Gasteiger partial charge is 0.463 e. The molecule has 0 unspecified atom stereocenters. The minimum atomic E-state index is -0.628. The number of nitrogens with zero attached hydrogens (tertiary/aromatic N) is 1. The Balaban J connectivity index is 1.80. The number of aliphatic hydroxyl groups is 1. The fourth-order valence-corrected chi connectivity index (χ4v) is 4.61. The average Bonchev–Trinajstić information content (AvgIpc) is 2.91. The van der Waals surface area contributed by atoms with Gasteiger partial charge < -0.3 is 20.1 Å². The van der Waals surface area contributed by atoms with E-state index in [0.717, 1.165) is 11.1 Å². The quantitative estimate of drug-likeness (QED) is 0.373. The normalized spacial score (nSPS) is 21.4. The molecule has 0 fully saturated rings. The lowest BCUT2D eigenvalue weighted by molar-refractivity contribution is -0.151. The van der Waals surface area contributed by atoms with Gasteiger partial charge in [0.2, 0.25) is 11.8 Å². The van der Waals surface area contributed by atoms with Crippen molar-refractivity contribution in [2.75, 3.05) is 19.8 Å². The number of halogens is 1. The minimum absolute atomic E-state index is 0.00299. The number of hydrogen-bond donors (Lipinski definition) is 2. The lowest BCUT2D eigenvalue weighted by Crippen LogP contribution is -2.50. The lowest BCUT2D eigenvalue weighted by Gasteiger charge is -2.33. The van der Waals surface area contributed by atoms with E-state index in [9.17, 15) is 23.9 Å². The van der Waals surface area contributed by atoms with Gasteiger partial charge in [0.05, 0.1) is 24.5 Å². The van der Waals surface area contributed by atoms with Crippen molar-refractivity contribution in [2.45, 2.75) is 59.0 Å². The number of esters is 1. The summed E-state index contributed by atoms with van der Waals surface area (Å²) in [5, 5.41) is 12.6. The Bertz CT molecular complexity index is 1140. The monoisotopic (exact) mass is 552 g/mol. The first-order valence-corrected chi connectivity index (χ1v) is 13.9. The average molecular weight is 553 g/mol. The highest BCUT2D eigenvalue weighted by Crippen LogP contribution is 2.24. The second-order valence-corrected chi connectivity index (χ2v) is 11.5. The van der Waals surface area contributed by atoms with E-state index < -0.39 is 23.3 Å². The zero-order valence-electron chi connectivity index (χ0n) is 23.6. The van der Waals surface area contributed by atoms with Gasteiger partial charge in [-0.15, -0.1) is 0 Å². The van der Waals surface area contributed by atoms with Gasteiger partial charge in [-0.1, -0.05) is 75.4 Å². The molecule has 3 atom stereocenters. The highest BCUT2D eigenvalue weighted by atomic mass is 19.1. The van der Waals surface area contributed by atoms with Crippen molar-refractivity contribution in [3.05, 3.63) is 83.7 Å². The number of carbonyl (C=O) groups is 3. The number of amides is 2. The Morgan fingerprint density at radius 2 is 1.65 bits per heavy atom. The van der Waals surface area contributed by atoms with E-state index in [2.05, 4.69) is 5.32 Å². The summed E-state index contributed by atoms with van der Waals surface area (Å²) in [6, 6.07) is 15.1. The third-order valence-corrected chi connectivity index (χ3v) is 7.22. The Hall–Kier alpha value is -3.52. The number of ether oxygens (including phenoxy) is 1. The first-order chi connectivity index (χ1) is 19.1. The van der Waals surface area contributed by atoms with Gasteiger partial charge in [-0.3, -0.25) is 14.4 Å². The highest BCUT2D eigenvalue weighted by molar-refractivity contribution is 5.86. The van der Waals surface area contributed by atoms with Crippen LogP contribution in [0.5, 0.6) is 0 Å². The Morgan fingerprint density at radius 3 is 2.27 bits per heavy atom. The van der Waals surface area contributed by atoms with E-state index in [4.69, 9.17) is 4.74 Å². The van der Waals surface area contributed by atoms with Crippen LogP contribution in [-0.2, 0) is 32.1 Å². The van der Waals surface area contributed by atoms with Crippen LogP contribution in [-0.4, -0.2) is 53.6 Å². The molecule has 2 aromatic rings. The third-order valence-electron chi connectivity index (χ3n) is 7.22. The molecule has 1 aliphatic heterocycles. The molecule has 0 saturated heterocycles.